The van der Waals surface area contributed by atoms with Crippen LogP contribution < -0.4 is 21.7 Å². The third kappa shape index (κ3) is 9.55. The molecule has 3 aromatic rings. The molecule has 1 saturated heterocycles. The minimum atomic E-state index is -1.20. The van der Waals surface area contributed by atoms with E-state index < -0.39 is 65.6 Å². The van der Waals surface area contributed by atoms with Gasteiger partial charge in [-0.05, 0) is 42.9 Å². The zero-order chi connectivity index (χ0) is 33.9. The van der Waals surface area contributed by atoms with Gasteiger partial charge in [-0.25, -0.2) is 0 Å². The number of piperidine rings is 1. The van der Waals surface area contributed by atoms with Crippen molar-refractivity contribution >= 4 is 58.0 Å². The van der Waals surface area contributed by atoms with E-state index >= 15 is 0 Å². The Labute approximate surface area is 276 Å². The van der Waals surface area contributed by atoms with E-state index in [0.29, 0.717) is 12.8 Å². The molecule has 2 aromatic carbocycles. The number of likely N-dealkylation sites (tertiary alicyclic amines) is 1. The van der Waals surface area contributed by atoms with Gasteiger partial charge in [-0.2, -0.15) is 0 Å². The van der Waals surface area contributed by atoms with Gasteiger partial charge in [0.25, 0.3) is 0 Å². The van der Waals surface area contributed by atoms with Gasteiger partial charge in [0.15, 0.2) is 0 Å². The number of aromatic amines is 1. The molecule has 5 amide bonds. The third-order valence-electron chi connectivity index (χ3n) is 8.16. The molecule has 1 aromatic heterocycles. The SMILES string of the molecule is NC(=O)C(Cc1ccccc1)NC(=O)C(Cc1c[nH]c2ccccc12)NC(=O)C1CCCCN1C(=O)C(CCC(=O)O)NC(=O)CCl. The van der Waals surface area contributed by atoms with Crippen LogP contribution >= 0.6 is 11.6 Å². The number of carboxylic acid groups (broad SMARTS) is 1. The van der Waals surface area contributed by atoms with Crippen LogP contribution in [-0.2, 0) is 41.6 Å². The molecule has 0 spiro atoms. The number of carbonyl (C=O) groups excluding carboxylic acids is 5. The number of H-pyrrole nitrogens is 1. The number of carboxylic acids is 1. The molecule has 0 bridgehead atoms. The highest BCUT2D eigenvalue weighted by Crippen LogP contribution is 2.22. The molecule has 0 radical (unpaired) electrons. The number of hydrogen-bond donors (Lipinski definition) is 6. The number of benzene rings is 2. The van der Waals surface area contributed by atoms with Crippen LogP contribution in [0.4, 0.5) is 0 Å². The number of alkyl halides is 1. The molecule has 4 rings (SSSR count). The van der Waals surface area contributed by atoms with Crippen molar-refractivity contribution in [2.45, 2.75) is 69.1 Å². The number of nitrogens with one attached hydrogen (secondary N) is 4. The average Bonchev–Trinajstić information content (AvgIpc) is 3.48. The lowest BCUT2D eigenvalue weighted by molar-refractivity contribution is -0.146. The molecule has 2 heterocycles. The fourth-order valence-corrected chi connectivity index (χ4v) is 5.85. The summed E-state index contributed by atoms with van der Waals surface area (Å²) in [6.45, 7) is 0.192. The van der Waals surface area contributed by atoms with Crippen molar-refractivity contribution in [2.75, 3.05) is 12.4 Å². The number of nitrogens with two attached hydrogens (primary N) is 1. The standard InChI is InChI=1S/C33H39ClN6O7/c34-18-28(41)37-24(13-14-29(42)43)33(47)40-15-7-6-12-27(40)32(46)39-26(17-21-19-36-23-11-5-4-10-22(21)23)31(45)38-25(30(35)44)16-20-8-2-1-3-9-20/h1-5,8-11,19,24-27,36H,6-7,12-18H2,(H2,35,44)(H,37,41)(H,38,45)(H,39,46)(H,42,43). The first-order chi connectivity index (χ1) is 22.6. The number of fused-ring (bicyclic) bond motifs is 1. The van der Waals surface area contributed by atoms with E-state index in [9.17, 15) is 33.9 Å². The predicted molar refractivity (Wildman–Crippen MR) is 174 cm³/mol. The first-order valence-electron chi connectivity index (χ1n) is 15.4. The fourth-order valence-electron chi connectivity index (χ4n) is 5.77. The van der Waals surface area contributed by atoms with Crippen molar-refractivity contribution in [1.82, 2.24) is 25.8 Å². The van der Waals surface area contributed by atoms with Crippen molar-refractivity contribution in [3.63, 3.8) is 0 Å². The summed E-state index contributed by atoms with van der Waals surface area (Å²) in [7, 11) is 0. The number of amides is 5. The van der Waals surface area contributed by atoms with Gasteiger partial charge in [0.2, 0.25) is 29.5 Å². The highest BCUT2D eigenvalue weighted by molar-refractivity contribution is 6.27. The number of hydrogen-bond acceptors (Lipinski definition) is 6. The Morgan fingerprint density at radius 3 is 2.34 bits per heavy atom. The van der Waals surface area contributed by atoms with Crippen LogP contribution in [0.1, 0.15) is 43.2 Å². The number of para-hydroxylation sites is 1. The van der Waals surface area contributed by atoms with Gasteiger partial charge in [-0.1, -0.05) is 48.5 Å². The number of carbonyl (C=O) groups is 6. The van der Waals surface area contributed by atoms with E-state index in [-0.39, 0.29) is 38.6 Å². The van der Waals surface area contributed by atoms with E-state index in [1.807, 2.05) is 30.3 Å². The third-order valence-corrected chi connectivity index (χ3v) is 8.41. The van der Waals surface area contributed by atoms with Crippen molar-refractivity contribution in [1.29, 1.82) is 0 Å². The highest BCUT2D eigenvalue weighted by atomic mass is 35.5. The van der Waals surface area contributed by atoms with Gasteiger partial charge in [-0.15, -0.1) is 11.6 Å². The second kappa shape index (κ2) is 16.6. The number of nitrogens with zero attached hydrogens (tertiary/aromatic N) is 1. The molecule has 250 valence electrons. The number of rotatable bonds is 15. The monoisotopic (exact) mass is 666 g/mol. The van der Waals surface area contributed by atoms with Crippen molar-refractivity contribution in [3.8, 4) is 0 Å². The van der Waals surface area contributed by atoms with Crippen LogP contribution in [-0.4, -0.2) is 87.1 Å². The molecule has 1 fully saturated rings. The Kier molecular flexibility index (Phi) is 12.3. The van der Waals surface area contributed by atoms with E-state index in [1.165, 1.54) is 4.90 Å². The Morgan fingerprint density at radius 2 is 1.64 bits per heavy atom. The van der Waals surface area contributed by atoms with E-state index in [4.69, 9.17) is 17.3 Å². The van der Waals surface area contributed by atoms with Crippen molar-refractivity contribution in [3.05, 3.63) is 71.9 Å². The fraction of sp³-hybridized carbons (Fsp3) is 0.394. The summed E-state index contributed by atoms with van der Waals surface area (Å²) >= 11 is 5.62. The number of aromatic nitrogens is 1. The second-order valence-electron chi connectivity index (χ2n) is 11.5. The number of aliphatic carboxylic acids is 1. The van der Waals surface area contributed by atoms with Crippen LogP contribution in [0.5, 0.6) is 0 Å². The molecule has 4 atom stereocenters. The maximum absolute atomic E-state index is 13.9. The zero-order valence-corrected chi connectivity index (χ0v) is 26.5. The number of primary amides is 1. The van der Waals surface area contributed by atoms with Crippen LogP contribution in [0.2, 0.25) is 0 Å². The molecule has 47 heavy (non-hydrogen) atoms. The largest absolute Gasteiger partial charge is 0.481 e. The molecule has 14 heteroatoms. The topological polar surface area (TPSA) is 204 Å². The maximum atomic E-state index is 13.9. The van der Waals surface area contributed by atoms with Gasteiger partial charge in [0.1, 0.15) is 30.0 Å². The minimum absolute atomic E-state index is 0.0616. The predicted octanol–water partition coefficient (Wildman–Crippen LogP) is 1.38. The molecular formula is C33H39ClN6O7. The molecule has 0 aliphatic carbocycles. The molecule has 4 unspecified atom stereocenters. The zero-order valence-electron chi connectivity index (χ0n) is 25.7. The Hall–Kier alpha value is -4.91. The summed E-state index contributed by atoms with van der Waals surface area (Å²) < 4.78 is 0. The first-order valence-corrected chi connectivity index (χ1v) is 16.0. The molecule has 1 aliphatic rings. The Morgan fingerprint density at radius 1 is 0.915 bits per heavy atom. The van der Waals surface area contributed by atoms with Crippen LogP contribution in [0.25, 0.3) is 10.9 Å². The molecule has 0 saturated carbocycles. The van der Waals surface area contributed by atoms with E-state index in [2.05, 4.69) is 20.9 Å². The molecule has 1 aliphatic heterocycles. The van der Waals surface area contributed by atoms with Crippen LogP contribution in [0.15, 0.2) is 60.8 Å². The molecular weight excluding hydrogens is 628 g/mol. The van der Waals surface area contributed by atoms with E-state index in [0.717, 1.165) is 22.0 Å². The lowest BCUT2D eigenvalue weighted by Crippen LogP contribution is -2.60. The quantitative estimate of drug-likeness (QED) is 0.131. The molecule has 7 N–H and O–H groups in total. The maximum Gasteiger partial charge on any atom is 0.303 e. The lowest BCUT2D eigenvalue weighted by atomic mass is 9.97. The summed E-state index contributed by atoms with van der Waals surface area (Å²) in [5.74, 6) is -4.81. The summed E-state index contributed by atoms with van der Waals surface area (Å²) in [5.41, 5.74) is 8.03. The normalized spacial score (nSPS) is 16.4. The van der Waals surface area contributed by atoms with Gasteiger partial charge in [0.05, 0.1) is 0 Å². The van der Waals surface area contributed by atoms with Crippen LogP contribution in [0.3, 0.4) is 0 Å². The Bertz CT molecular complexity index is 1600. The van der Waals surface area contributed by atoms with Gasteiger partial charge < -0.3 is 36.7 Å². The smallest absolute Gasteiger partial charge is 0.303 e. The second-order valence-corrected chi connectivity index (χ2v) is 11.8. The van der Waals surface area contributed by atoms with Gasteiger partial charge in [-0.3, -0.25) is 28.8 Å². The number of halogens is 1. The average molecular weight is 667 g/mol. The van der Waals surface area contributed by atoms with Crippen LogP contribution in [0, 0.1) is 0 Å². The van der Waals surface area contributed by atoms with Gasteiger partial charge in [0, 0.05) is 42.9 Å². The highest BCUT2D eigenvalue weighted by Gasteiger charge is 2.38. The van der Waals surface area contributed by atoms with Crippen molar-refractivity contribution in [2.24, 2.45) is 5.73 Å². The van der Waals surface area contributed by atoms with Gasteiger partial charge >= 0.3 is 5.97 Å². The van der Waals surface area contributed by atoms with E-state index in [1.54, 1.807) is 30.5 Å². The summed E-state index contributed by atoms with van der Waals surface area (Å²) in [6, 6.07) is 12.1. The summed E-state index contributed by atoms with van der Waals surface area (Å²) in [5, 5.41) is 18.0. The lowest BCUT2D eigenvalue weighted by Gasteiger charge is -2.37. The Balaban J connectivity index is 1.58. The summed E-state index contributed by atoms with van der Waals surface area (Å²) in [6.07, 6.45) is 2.86. The minimum Gasteiger partial charge on any atom is -0.481 e. The first kappa shape index (κ1) is 35.0. The summed E-state index contributed by atoms with van der Waals surface area (Å²) in [4.78, 5) is 81.6. The molecule has 13 nitrogen and oxygen atoms in total. The van der Waals surface area contributed by atoms with Crippen molar-refractivity contribution < 1.29 is 33.9 Å².